The molecule has 1 fully saturated rings. The summed E-state index contributed by atoms with van der Waals surface area (Å²) in [4.78, 5) is 2.29. The van der Waals surface area contributed by atoms with E-state index in [2.05, 4.69) is 4.90 Å². The van der Waals surface area contributed by atoms with E-state index in [0.717, 1.165) is 0 Å². The van der Waals surface area contributed by atoms with E-state index in [1.807, 2.05) is 6.92 Å². The molecule has 1 heterocycles. The molecular formula is C6H13BrClN. The fourth-order valence-corrected chi connectivity index (χ4v) is 1.29. The maximum atomic E-state index is 5.81. The highest BCUT2D eigenvalue weighted by molar-refractivity contribution is 8.93. The van der Waals surface area contributed by atoms with Crippen LogP contribution in [0.2, 0.25) is 0 Å². The molecule has 56 valence electrons. The van der Waals surface area contributed by atoms with Gasteiger partial charge in [-0.3, -0.25) is 4.90 Å². The Morgan fingerprint density at radius 1 is 1.33 bits per heavy atom. The molecule has 1 nitrogen and oxygen atoms in total. The van der Waals surface area contributed by atoms with Gasteiger partial charge in [0, 0.05) is 0 Å². The SMILES string of the molecule is Br.CC(Cl)N1CCCC1. The number of hydrogen-bond acceptors (Lipinski definition) is 1. The van der Waals surface area contributed by atoms with Crippen molar-refractivity contribution in [1.29, 1.82) is 0 Å². The number of hydrogen-bond donors (Lipinski definition) is 0. The van der Waals surface area contributed by atoms with Crippen molar-refractivity contribution in [2.75, 3.05) is 13.1 Å². The van der Waals surface area contributed by atoms with E-state index in [9.17, 15) is 0 Å². The van der Waals surface area contributed by atoms with E-state index in [0.29, 0.717) is 0 Å². The highest BCUT2D eigenvalue weighted by Crippen LogP contribution is 2.12. The van der Waals surface area contributed by atoms with Gasteiger partial charge in [0.15, 0.2) is 0 Å². The summed E-state index contributed by atoms with van der Waals surface area (Å²) in [6.07, 6.45) is 2.66. The Balaban J connectivity index is 0.000000640. The number of nitrogens with zero attached hydrogens (tertiary/aromatic N) is 1. The van der Waals surface area contributed by atoms with Gasteiger partial charge in [-0.05, 0) is 32.9 Å². The molecule has 0 radical (unpaired) electrons. The monoisotopic (exact) mass is 213 g/mol. The maximum Gasteiger partial charge on any atom is 0.0821 e. The van der Waals surface area contributed by atoms with Crippen molar-refractivity contribution >= 4 is 28.6 Å². The van der Waals surface area contributed by atoms with Crippen LogP contribution in [-0.2, 0) is 0 Å². The minimum Gasteiger partial charge on any atom is -0.288 e. The summed E-state index contributed by atoms with van der Waals surface area (Å²) in [5.74, 6) is 0. The molecule has 0 N–H and O–H groups in total. The quantitative estimate of drug-likeness (QED) is 0.478. The first-order valence-corrected chi connectivity index (χ1v) is 3.62. The summed E-state index contributed by atoms with van der Waals surface area (Å²) < 4.78 is 0. The molecule has 0 bridgehead atoms. The smallest absolute Gasteiger partial charge is 0.0821 e. The molecule has 3 heteroatoms. The van der Waals surface area contributed by atoms with Gasteiger partial charge in [0.25, 0.3) is 0 Å². The predicted molar refractivity (Wildman–Crippen MR) is 46.4 cm³/mol. The van der Waals surface area contributed by atoms with Crippen LogP contribution in [-0.4, -0.2) is 23.5 Å². The van der Waals surface area contributed by atoms with Gasteiger partial charge in [0.1, 0.15) is 0 Å². The van der Waals surface area contributed by atoms with Crippen LogP contribution < -0.4 is 0 Å². The molecule has 1 rings (SSSR count). The van der Waals surface area contributed by atoms with Crippen LogP contribution in [0.15, 0.2) is 0 Å². The minimum absolute atomic E-state index is 0. The zero-order chi connectivity index (χ0) is 5.98. The Kier molecular flexibility index (Phi) is 4.90. The summed E-state index contributed by atoms with van der Waals surface area (Å²) in [5, 5.41) is 0. The topological polar surface area (TPSA) is 3.24 Å². The lowest BCUT2D eigenvalue weighted by molar-refractivity contribution is 0.327. The van der Waals surface area contributed by atoms with Crippen molar-refractivity contribution in [2.24, 2.45) is 0 Å². The molecule has 0 saturated carbocycles. The molecular weight excluding hydrogens is 201 g/mol. The maximum absolute atomic E-state index is 5.81. The fraction of sp³-hybridized carbons (Fsp3) is 1.00. The van der Waals surface area contributed by atoms with Crippen LogP contribution in [0.3, 0.4) is 0 Å². The molecule has 0 aliphatic carbocycles. The van der Waals surface area contributed by atoms with Gasteiger partial charge < -0.3 is 0 Å². The minimum atomic E-state index is 0. The number of rotatable bonds is 1. The van der Waals surface area contributed by atoms with E-state index in [1.165, 1.54) is 25.9 Å². The van der Waals surface area contributed by atoms with Gasteiger partial charge in [-0.15, -0.1) is 28.6 Å². The van der Waals surface area contributed by atoms with Gasteiger partial charge in [0.05, 0.1) is 5.50 Å². The molecule has 1 aliphatic rings. The van der Waals surface area contributed by atoms with Crippen molar-refractivity contribution in [3.63, 3.8) is 0 Å². The average Bonchev–Trinajstić information content (AvgIpc) is 2.12. The van der Waals surface area contributed by atoms with Crippen molar-refractivity contribution < 1.29 is 0 Å². The van der Waals surface area contributed by atoms with Crippen molar-refractivity contribution in [3.8, 4) is 0 Å². The lowest BCUT2D eigenvalue weighted by Gasteiger charge is -2.16. The van der Waals surface area contributed by atoms with Crippen LogP contribution in [0.5, 0.6) is 0 Å². The summed E-state index contributed by atoms with van der Waals surface area (Å²) in [7, 11) is 0. The predicted octanol–water partition coefficient (Wildman–Crippen LogP) is 2.24. The Bertz CT molecular complexity index is 71.5. The highest BCUT2D eigenvalue weighted by Gasteiger charge is 2.14. The molecule has 0 aromatic rings. The second-order valence-electron chi connectivity index (χ2n) is 2.32. The van der Waals surface area contributed by atoms with Crippen LogP contribution >= 0.6 is 28.6 Å². The first-order valence-electron chi connectivity index (χ1n) is 3.19. The Hall–Kier alpha value is 0.730. The second-order valence-corrected chi connectivity index (χ2v) is 2.95. The Morgan fingerprint density at radius 2 is 1.78 bits per heavy atom. The van der Waals surface area contributed by atoms with E-state index in [1.54, 1.807) is 0 Å². The third-order valence-corrected chi connectivity index (χ3v) is 1.92. The Morgan fingerprint density at radius 3 is 2.00 bits per heavy atom. The van der Waals surface area contributed by atoms with Crippen molar-refractivity contribution in [1.82, 2.24) is 4.90 Å². The lowest BCUT2D eigenvalue weighted by atomic mass is 10.4. The zero-order valence-electron chi connectivity index (χ0n) is 5.64. The zero-order valence-corrected chi connectivity index (χ0v) is 8.11. The number of alkyl halides is 1. The molecule has 0 aromatic carbocycles. The van der Waals surface area contributed by atoms with E-state index in [4.69, 9.17) is 11.6 Å². The molecule has 1 atom stereocenters. The van der Waals surface area contributed by atoms with Crippen molar-refractivity contribution in [2.45, 2.75) is 25.3 Å². The fourth-order valence-electron chi connectivity index (χ4n) is 1.10. The van der Waals surface area contributed by atoms with Crippen LogP contribution in [0.4, 0.5) is 0 Å². The first-order chi connectivity index (χ1) is 3.80. The summed E-state index contributed by atoms with van der Waals surface area (Å²) in [6, 6.07) is 0. The molecule has 9 heavy (non-hydrogen) atoms. The number of likely N-dealkylation sites (tertiary alicyclic amines) is 1. The normalized spacial score (nSPS) is 23.3. The first kappa shape index (κ1) is 9.73. The van der Waals surface area contributed by atoms with Gasteiger partial charge in [-0.1, -0.05) is 0 Å². The highest BCUT2D eigenvalue weighted by atomic mass is 79.9. The van der Waals surface area contributed by atoms with Gasteiger partial charge in [0.2, 0.25) is 0 Å². The van der Waals surface area contributed by atoms with Gasteiger partial charge >= 0.3 is 0 Å². The average molecular weight is 215 g/mol. The molecule has 0 amide bonds. The summed E-state index contributed by atoms with van der Waals surface area (Å²) in [5.41, 5.74) is 0.248. The summed E-state index contributed by atoms with van der Waals surface area (Å²) in [6.45, 7) is 4.43. The molecule has 1 aliphatic heterocycles. The third-order valence-electron chi connectivity index (χ3n) is 1.64. The third kappa shape index (κ3) is 2.87. The lowest BCUT2D eigenvalue weighted by Crippen LogP contribution is -2.24. The van der Waals surface area contributed by atoms with Gasteiger partial charge in [-0.2, -0.15) is 0 Å². The molecule has 1 unspecified atom stereocenters. The van der Waals surface area contributed by atoms with Crippen LogP contribution in [0, 0.1) is 0 Å². The van der Waals surface area contributed by atoms with Gasteiger partial charge in [-0.25, -0.2) is 0 Å². The van der Waals surface area contributed by atoms with Crippen LogP contribution in [0.25, 0.3) is 0 Å². The second kappa shape index (κ2) is 4.53. The van der Waals surface area contributed by atoms with E-state index in [-0.39, 0.29) is 22.5 Å². The Labute approximate surface area is 72.1 Å². The summed E-state index contributed by atoms with van der Waals surface area (Å²) >= 11 is 5.81. The number of halogens is 2. The van der Waals surface area contributed by atoms with E-state index < -0.39 is 0 Å². The van der Waals surface area contributed by atoms with Crippen LogP contribution in [0.1, 0.15) is 19.8 Å². The van der Waals surface area contributed by atoms with Crippen molar-refractivity contribution in [3.05, 3.63) is 0 Å². The molecule has 0 aromatic heterocycles. The standard InChI is InChI=1S/C6H12ClN.BrH/c1-6(7)8-4-2-3-5-8;/h6H,2-5H2,1H3;1H. The largest absolute Gasteiger partial charge is 0.288 e. The molecule has 0 spiro atoms. The molecule has 1 saturated heterocycles. The van der Waals surface area contributed by atoms with E-state index >= 15 is 0 Å².